The molecule has 0 aromatic heterocycles. The van der Waals surface area contributed by atoms with Gasteiger partial charge in [0.15, 0.2) is 6.61 Å². The van der Waals surface area contributed by atoms with Crippen LogP contribution in [0.1, 0.15) is 39.2 Å². The maximum absolute atomic E-state index is 12.7. The molecule has 0 unspecified atom stereocenters. The number of fused-ring (bicyclic) bond motifs is 1. The van der Waals surface area contributed by atoms with Gasteiger partial charge >= 0.3 is 6.09 Å². The van der Waals surface area contributed by atoms with E-state index in [1.165, 1.54) is 4.90 Å². The van der Waals surface area contributed by atoms with Gasteiger partial charge in [0.1, 0.15) is 17.4 Å². The zero-order chi connectivity index (χ0) is 21.9. The number of hydrogen-bond donors (Lipinski definition) is 1. The van der Waals surface area contributed by atoms with Crippen LogP contribution in [0.25, 0.3) is 0 Å². The molecule has 30 heavy (non-hydrogen) atoms. The number of hydrogen-bond acceptors (Lipinski definition) is 5. The average molecular weight is 438 g/mol. The molecular formula is C21H28ClN3O5. The average Bonchev–Trinajstić information content (AvgIpc) is 3.09. The molecule has 2 aliphatic rings. The van der Waals surface area contributed by atoms with Gasteiger partial charge in [-0.3, -0.25) is 14.5 Å². The van der Waals surface area contributed by atoms with Crippen LogP contribution in [0, 0.1) is 0 Å². The van der Waals surface area contributed by atoms with Crippen LogP contribution in [0.4, 0.5) is 4.79 Å². The second-order valence-electron chi connectivity index (χ2n) is 8.48. The molecule has 2 heterocycles. The summed E-state index contributed by atoms with van der Waals surface area (Å²) in [5.74, 6) is 0.242. The fraction of sp³-hybridized carbons (Fsp3) is 0.571. The van der Waals surface area contributed by atoms with Crippen LogP contribution in [-0.2, 0) is 20.9 Å². The van der Waals surface area contributed by atoms with Gasteiger partial charge < -0.3 is 19.7 Å². The minimum atomic E-state index is -0.616. The van der Waals surface area contributed by atoms with E-state index < -0.39 is 17.7 Å². The SMILES string of the molecule is CC(C)(C)OC(=O)N1CCC[C@@H]1C(=O)NCCN1Cc2cc(Cl)ccc2OCC1=O. The monoisotopic (exact) mass is 437 g/mol. The van der Waals surface area contributed by atoms with Crippen molar-refractivity contribution in [2.24, 2.45) is 0 Å². The topological polar surface area (TPSA) is 88.2 Å². The molecule has 3 amide bonds. The smallest absolute Gasteiger partial charge is 0.410 e. The number of ether oxygens (including phenoxy) is 2. The lowest BCUT2D eigenvalue weighted by molar-refractivity contribution is -0.133. The van der Waals surface area contributed by atoms with Crippen molar-refractivity contribution < 1.29 is 23.9 Å². The highest BCUT2D eigenvalue weighted by atomic mass is 35.5. The Morgan fingerprint density at radius 3 is 2.83 bits per heavy atom. The molecule has 0 aliphatic carbocycles. The molecule has 1 atom stereocenters. The Labute approximate surface area is 181 Å². The van der Waals surface area contributed by atoms with Crippen molar-refractivity contribution in [3.8, 4) is 5.75 Å². The number of carbonyl (C=O) groups excluding carboxylic acids is 3. The van der Waals surface area contributed by atoms with Crippen LogP contribution in [-0.4, -0.2) is 65.6 Å². The van der Waals surface area contributed by atoms with Crippen LogP contribution in [0.2, 0.25) is 5.02 Å². The molecule has 3 rings (SSSR count). The fourth-order valence-electron chi connectivity index (χ4n) is 3.55. The molecular weight excluding hydrogens is 410 g/mol. The molecule has 164 valence electrons. The third-order valence-electron chi connectivity index (χ3n) is 4.95. The summed E-state index contributed by atoms with van der Waals surface area (Å²) in [6.45, 7) is 6.79. The van der Waals surface area contributed by atoms with Crippen LogP contribution >= 0.6 is 11.6 Å². The Morgan fingerprint density at radius 2 is 2.10 bits per heavy atom. The third kappa shape index (κ3) is 5.56. The van der Waals surface area contributed by atoms with Gasteiger partial charge in [0.25, 0.3) is 5.91 Å². The van der Waals surface area contributed by atoms with Gasteiger partial charge in [-0.15, -0.1) is 0 Å². The van der Waals surface area contributed by atoms with Gasteiger partial charge in [0, 0.05) is 36.8 Å². The van der Waals surface area contributed by atoms with E-state index in [1.54, 1.807) is 43.9 Å². The summed E-state index contributed by atoms with van der Waals surface area (Å²) in [7, 11) is 0. The quantitative estimate of drug-likeness (QED) is 0.782. The summed E-state index contributed by atoms with van der Waals surface area (Å²) in [4.78, 5) is 40.5. The van der Waals surface area contributed by atoms with Gasteiger partial charge in [0.05, 0.1) is 0 Å². The zero-order valence-corrected chi connectivity index (χ0v) is 18.3. The maximum atomic E-state index is 12.7. The van der Waals surface area contributed by atoms with Crippen molar-refractivity contribution in [1.82, 2.24) is 15.1 Å². The summed E-state index contributed by atoms with van der Waals surface area (Å²) in [5.41, 5.74) is 0.210. The molecule has 2 aliphatic heterocycles. The van der Waals surface area contributed by atoms with E-state index in [4.69, 9.17) is 21.1 Å². The van der Waals surface area contributed by atoms with Crippen molar-refractivity contribution in [2.45, 2.75) is 51.8 Å². The van der Waals surface area contributed by atoms with Crippen LogP contribution in [0.15, 0.2) is 18.2 Å². The molecule has 1 aromatic rings. The Kier molecular flexibility index (Phi) is 6.75. The number of nitrogens with zero attached hydrogens (tertiary/aromatic N) is 2. The van der Waals surface area contributed by atoms with Crippen LogP contribution in [0.5, 0.6) is 5.75 Å². The summed E-state index contributed by atoms with van der Waals surface area (Å²) in [6, 6.07) is 4.70. The van der Waals surface area contributed by atoms with Gasteiger partial charge in [-0.25, -0.2) is 4.79 Å². The van der Waals surface area contributed by atoms with Gasteiger partial charge in [-0.1, -0.05) is 11.6 Å². The van der Waals surface area contributed by atoms with Gasteiger partial charge in [-0.2, -0.15) is 0 Å². The highest BCUT2D eigenvalue weighted by Crippen LogP contribution is 2.26. The van der Waals surface area contributed by atoms with E-state index in [-0.39, 0.29) is 25.0 Å². The van der Waals surface area contributed by atoms with Crippen molar-refractivity contribution in [3.63, 3.8) is 0 Å². The largest absolute Gasteiger partial charge is 0.483 e. The first-order valence-corrected chi connectivity index (χ1v) is 10.5. The molecule has 1 fully saturated rings. The normalized spacial score (nSPS) is 19.1. The highest BCUT2D eigenvalue weighted by molar-refractivity contribution is 6.30. The standard InChI is InChI=1S/C21H28ClN3O5/c1-21(2,3)30-20(28)25-9-4-5-16(25)19(27)23-8-10-24-12-14-11-15(22)6-7-17(14)29-13-18(24)26/h6-7,11,16H,4-5,8-10,12-13H2,1-3H3,(H,23,27)/t16-/m1/s1. The molecule has 0 saturated carbocycles. The predicted octanol–water partition coefficient (Wildman–Crippen LogP) is 2.58. The minimum absolute atomic E-state index is 0.0579. The fourth-order valence-corrected chi connectivity index (χ4v) is 3.75. The first kappa shape index (κ1) is 22.2. The lowest BCUT2D eigenvalue weighted by Crippen LogP contribution is -2.49. The number of nitrogens with one attached hydrogen (secondary N) is 1. The molecule has 1 saturated heterocycles. The van der Waals surface area contributed by atoms with Crippen molar-refractivity contribution in [3.05, 3.63) is 28.8 Å². The van der Waals surface area contributed by atoms with E-state index in [0.717, 1.165) is 12.0 Å². The van der Waals surface area contributed by atoms with Crippen molar-refractivity contribution >= 4 is 29.5 Å². The van der Waals surface area contributed by atoms with E-state index in [2.05, 4.69) is 5.32 Å². The third-order valence-corrected chi connectivity index (χ3v) is 5.19. The lowest BCUT2D eigenvalue weighted by atomic mass is 10.2. The Morgan fingerprint density at radius 1 is 1.33 bits per heavy atom. The van der Waals surface area contributed by atoms with Gasteiger partial charge in [0.2, 0.25) is 5.91 Å². The number of rotatable bonds is 4. The van der Waals surface area contributed by atoms with Gasteiger partial charge in [-0.05, 0) is 51.8 Å². The first-order chi connectivity index (χ1) is 14.1. The van der Waals surface area contributed by atoms with E-state index >= 15 is 0 Å². The Hall–Kier alpha value is -2.48. The summed E-state index contributed by atoms with van der Waals surface area (Å²) < 4.78 is 10.9. The molecule has 8 nitrogen and oxygen atoms in total. The van der Waals surface area contributed by atoms with E-state index in [0.29, 0.717) is 36.8 Å². The summed E-state index contributed by atoms with van der Waals surface area (Å²) >= 11 is 6.05. The van der Waals surface area contributed by atoms with Crippen molar-refractivity contribution in [2.75, 3.05) is 26.2 Å². The Balaban J connectivity index is 1.54. The molecule has 0 spiro atoms. The second-order valence-corrected chi connectivity index (χ2v) is 8.92. The van der Waals surface area contributed by atoms with Crippen LogP contribution < -0.4 is 10.1 Å². The first-order valence-electron chi connectivity index (χ1n) is 10.1. The molecule has 0 bridgehead atoms. The molecule has 1 aromatic carbocycles. The van der Waals surface area contributed by atoms with E-state index in [9.17, 15) is 14.4 Å². The minimum Gasteiger partial charge on any atom is -0.483 e. The molecule has 1 N–H and O–H groups in total. The maximum Gasteiger partial charge on any atom is 0.410 e. The Bertz CT molecular complexity index is 823. The molecule has 9 heteroatoms. The summed E-state index contributed by atoms with van der Waals surface area (Å²) in [5, 5.41) is 3.42. The number of likely N-dealkylation sites (tertiary alicyclic amines) is 1. The number of amides is 3. The summed E-state index contributed by atoms with van der Waals surface area (Å²) in [6.07, 6.45) is 0.859. The lowest BCUT2D eigenvalue weighted by Gasteiger charge is -2.28. The highest BCUT2D eigenvalue weighted by Gasteiger charge is 2.36. The molecule has 0 radical (unpaired) electrons. The second kappa shape index (κ2) is 9.12. The van der Waals surface area contributed by atoms with Crippen LogP contribution in [0.3, 0.4) is 0 Å². The number of halogens is 1. The predicted molar refractivity (Wildman–Crippen MR) is 111 cm³/mol. The number of benzene rings is 1. The number of carbonyl (C=O) groups is 3. The van der Waals surface area contributed by atoms with Crippen molar-refractivity contribution in [1.29, 1.82) is 0 Å². The zero-order valence-electron chi connectivity index (χ0n) is 17.6. The van der Waals surface area contributed by atoms with E-state index in [1.807, 2.05) is 0 Å².